The van der Waals surface area contributed by atoms with E-state index in [4.69, 9.17) is 0 Å². The van der Waals surface area contributed by atoms with Gasteiger partial charge in [0, 0.05) is 28.7 Å². The molecule has 7 heteroatoms. The summed E-state index contributed by atoms with van der Waals surface area (Å²) < 4.78 is 2.22. The highest BCUT2D eigenvalue weighted by Crippen LogP contribution is 2.15. The van der Waals surface area contributed by atoms with Crippen LogP contribution in [0.1, 0.15) is 23.7 Å². The zero-order valence-electron chi connectivity index (χ0n) is 14.0. The van der Waals surface area contributed by atoms with Gasteiger partial charge in [-0.2, -0.15) is 0 Å². The summed E-state index contributed by atoms with van der Waals surface area (Å²) in [7, 11) is 0. The highest BCUT2D eigenvalue weighted by atomic mass is 79.9. The molecule has 1 N–H and O–H groups in total. The lowest BCUT2D eigenvalue weighted by Gasteiger charge is -2.08. The summed E-state index contributed by atoms with van der Waals surface area (Å²) in [6.07, 6.45) is 1.59. The standard InChI is InChI=1S/C19H16BrN3O3/c1-12(24)13-2-5-15(6-3-13)22-18(25)8-9-23-11-21-17-7-4-14(20)10-16(17)19(23)26/h2-7,10-11H,8-9H2,1H3,(H,22,25). The highest BCUT2D eigenvalue weighted by molar-refractivity contribution is 9.10. The Balaban J connectivity index is 1.67. The first-order valence-electron chi connectivity index (χ1n) is 7.99. The lowest BCUT2D eigenvalue weighted by atomic mass is 10.1. The van der Waals surface area contributed by atoms with Crippen molar-refractivity contribution in [1.82, 2.24) is 9.55 Å². The molecule has 1 amide bonds. The number of aromatic nitrogens is 2. The van der Waals surface area contributed by atoms with E-state index in [0.717, 1.165) is 4.47 Å². The number of Topliss-reactive ketones (excluding diaryl/α,β-unsaturated/α-hetero) is 1. The summed E-state index contributed by atoms with van der Waals surface area (Å²) in [6, 6.07) is 12.0. The summed E-state index contributed by atoms with van der Waals surface area (Å²) in [4.78, 5) is 40.1. The van der Waals surface area contributed by atoms with Crippen molar-refractivity contribution < 1.29 is 9.59 Å². The average molecular weight is 414 g/mol. The maximum atomic E-state index is 12.5. The molecule has 26 heavy (non-hydrogen) atoms. The maximum absolute atomic E-state index is 12.5. The monoisotopic (exact) mass is 413 g/mol. The van der Waals surface area contributed by atoms with E-state index in [0.29, 0.717) is 22.2 Å². The number of benzene rings is 2. The predicted octanol–water partition coefficient (Wildman–Crippen LogP) is 3.39. The van der Waals surface area contributed by atoms with Crippen molar-refractivity contribution in [2.45, 2.75) is 19.9 Å². The van der Waals surface area contributed by atoms with Crippen LogP contribution in [-0.4, -0.2) is 21.2 Å². The molecule has 0 atom stereocenters. The number of hydrogen-bond donors (Lipinski definition) is 1. The third kappa shape index (κ3) is 4.05. The number of aryl methyl sites for hydroxylation is 1. The molecule has 0 radical (unpaired) electrons. The fourth-order valence-corrected chi connectivity index (χ4v) is 2.89. The third-order valence-corrected chi connectivity index (χ3v) is 4.43. The number of carbonyl (C=O) groups excluding carboxylic acids is 2. The first-order chi connectivity index (χ1) is 12.4. The Hall–Kier alpha value is -2.80. The summed E-state index contributed by atoms with van der Waals surface area (Å²) >= 11 is 3.34. The van der Waals surface area contributed by atoms with Crippen molar-refractivity contribution in [3.63, 3.8) is 0 Å². The SMILES string of the molecule is CC(=O)c1ccc(NC(=O)CCn2cnc3ccc(Br)cc3c2=O)cc1. The van der Waals surface area contributed by atoms with Crippen LogP contribution in [0, 0.1) is 0 Å². The van der Waals surface area contributed by atoms with Crippen LogP contribution in [0.2, 0.25) is 0 Å². The van der Waals surface area contributed by atoms with E-state index in [-0.39, 0.29) is 30.2 Å². The van der Waals surface area contributed by atoms with Crippen LogP contribution >= 0.6 is 15.9 Å². The molecular weight excluding hydrogens is 398 g/mol. The molecule has 1 aromatic heterocycles. The van der Waals surface area contributed by atoms with Gasteiger partial charge in [-0.3, -0.25) is 19.0 Å². The van der Waals surface area contributed by atoms with E-state index in [1.54, 1.807) is 36.4 Å². The van der Waals surface area contributed by atoms with Gasteiger partial charge in [-0.15, -0.1) is 0 Å². The van der Waals surface area contributed by atoms with Gasteiger partial charge in [0.15, 0.2) is 5.78 Å². The molecule has 0 bridgehead atoms. The van der Waals surface area contributed by atoms with Gasteiger partial charge >= 0.3 is 0 Å². The Bertz CT molecular complexity index is 1040. The van der Waals surface area contributed by atoms with Gasteiger partial charge in [0.05, 0.1) is 17.2 Å². The number of nitrogens with zero attached hydrogens (tertiary/aromatic N) is 2. The number of nitrogens with one attached hydrogen (secondary N) is 1. The molecule has 132 valence electrons. The Labute approximate surface area is 158 Å². The molecule has 3 aromatic rings. The van der Waals surface area contributed by atoms with Crippen molar-refractivity contribution in [2.75, 3.05) is 5.32 Å². The van der Waals surface area contributed by atoms with Gasteiger partial charge in [-0.25, -0.2) is 4.98 Å². The van der Waals surface area contributed by atoms with Crippen LogP contribution in [0.5, 0.6) is 0 Å². The van der Waals surface area contributed by atoms with Crippen LogP contribution in [0.3, 0.4) is 0 Å². The molecule has 2 aromatic carbocycles. The normalized spacial score (nSPS) is 10.7. The molecule has 0 fully saturated rings. The van der Waals surface area contributed by atoms with Gasteiger partial charge < -0.3 is 5.32 Å². The summed E-state index contributed by atoms with van der Waals surface area (Å²) in [5.41, 5.74) is 1.62. The predicted molar refractivity (Wildman–Crippen MR) is 103 cm³/mol. The van der Waals surface area contributed by atoms with Crippen molar-refractivity contribution in [1.29, 1.82) is 0 Å². The van der Waals surface area contributed by atoms with Gasteiger partial charge in [0.25, 0.3) is 5.56 Å². The number of rotatable bonds is 5. The molecule has 0 saturated carbocycles. The van der Waals surface area contributed by atoms with Crippen molar-refractivity contribution >= 4 is 44.2 Å². The number of fused-ring (bicyclic) bond motifs is 1. The van der Waals surface area contributed by atoms with Gasteiger partial charge in [-0.05, 0) is 49.4 Å². The largest absolute Gasteiger partial charge is 0.326 e. The van der Waals surface area contributed by atoms with Crippen molar-refractivity contribution in [3.05, 3.63) is 69.2 Å². The Morgan fingerprint density at radius 1 is 1.15 bits per heavy atom. The quantitative estimate of drug-likeness (QED) is 0.649. The second-order valence-corrected chi connectivity index (χ2v) is 6.75. The second kappa shape index (κ2) is 7.61. The zero-order valence-corrected chi connectivity index (χ0v) is 15.6. The summed E-state index contributed by atoms with van der Waals surface area (Å²) in [6.45, 7) is 1.72. The third-order valence-electron chi connectivity index (χ3n) is 3.94. The number of ketones is 1. The molecule has 0 saturated heterocycles. The zero-order chi connectivity index (χ0) is 18.7. The van der Waals surface area contributed by atoms with Crippen LogP contribution in [0.15, 0.2) is 58.1 Å². The molecule has 3 rings (SSSR count). The number of anilines is 1. The van der Waals surface area contributed by atoms with E-state index in [1.165, 1.54) is 17.8 Å². The average Bonchev–Trinajstić information content (AvgIpc) is 2.62. The number of halogens is 1. The Morgan fingerprint density at radius 2 is 1.88 bits per heavy atom. The minimum Gasteiger partial charge on any atom is -0.326 e. The summed E-state index contributed by atoms with van der Waals surface area (Å²) in [5, 5.41) is 3.25. The molecule has 0 aliphatic carbocycles. The van der Waals surface area contributed by atoms with Crippen LogP contribution < -0.4 is 10.9 Å². The minimum atomic E-state index is -0.221. The number of hydrogen-bond acceptors (Lipinski definition) is 4. The fraction of sp³-hybridized carbons (Fsp3) is 0.158. The first-order valence-corrected chi connectivity index (χ1v) is 8.79. The molecule has 0 aliphatic rings. The van der Waals surface area contributed by atoms with E-state index >= 15 is 0 Å². The van der Waals surface area contributed by atoms with Gasteiger partial charge in [-0.1, -0.05) is 15.9 Å². The number of carbonyl (C=O) groups is 2. The van der Waals surface area contributed by atoms with Crippen LogP contribution in [0.25, 0.3) is 10.9 Å². The van der Waals surface area contributed by atoms with Crippen molar-refractivity contribution in [3.8, 4) is 0 Å². The second-order valence-electron chi connectivity index (χ2n) is 5.84. The number of amides is 1. The Kier molecular flexibility index (Phi) is 5.27. The maximum Gasteiger partial charge on any atom is 0.261 e. The molecule has 0 spiro atoms. The molecule has 1 heterocycles. The molecule has 0 aliphatic heterocycles. The molecule has 0 unspecified atom stereocenters. The van der Waals surface area contributed by atoms with Gasteiger partial charge in [0.2, 0.25) is 5.91 Å². The van der Waals surface area contributed by atoms with E-state index in [2.05, 4.69) is 26.2 Å². The van der Waals surface area contributed by atoms with Crippen LogP contribution in [0.4, 0.5) is 5.69 Å². The molecular formula is C19H16BrN3O3. The minimum absolute atomic E-state index is 0.0299. The van der Waals surface area contributed by atoms with E-state index < -0.39 is 0 Å². The lowest BCUT2D eigenvalue weighted by molar-refractivity contribution is -0.116. The summed E-state index contributed by atoms with van der Waals surface area (Å²) in [5.74, 6) is -0.250. The highest BCUT2D eigenvalue weighted by Gasteiger charge is 2.08. The Morgan fingerprint density at radius 3 is 2.58 bits per heavy atom. The van der Waals surface area contributed by atoms with Gasteiger partial charge in [0.1, 0.15) is 0 Å². The lowest BCUT2D eigenvalue weighted by Crippen LogP contribution is -2.23. The van der Waals surface area contributed by atoms with Crippen LogP contribution in [-0.2, 0) is 11.3 Å². The fourth-order valence-electron chi connectivity index (χ4n) is 2.52. The first kappa shape index (κ1) is 18.0. The molecule has 6 nitrogen and oxygen atoms in total. The smallest absolute Gasteiger partial charge is 0.261 e. The topological polar surface area (TPSA) is 81.1 Å². The van der Waals surface area contributed by atoms with E-state index in [1.807, 2.05) is 6.07 Å². The van der Waals surface area contributed by atoms with E-state index in [9.17, 15) is 14.4 Å². The van der Waals surface area contributed by atoms with Crippen molar-refractivity contribution in [2.24, 2.45) is 0 Å².